The Balaban J connectivity index is 0.000000177. The van der Waals surface area contributed by atoms with Gasteiger partial charge in [-0.05, 0) is 57.2 Å². The molecule has 0 atom stereocenters. The predicted molar refractivity (Wildman–Crippen MR) is 170 cm³/mol. The van der Waals surface area contributed by atoms with E-state index in [0.29, 0.717) is 0 Å². The Morgan fingerprint density at radius 1 is 0.477 bits per heavy atom. The molecule has 0 N–H and O–H groups in total. The van der Waals surface area contributed by atoms with E-state index in [4.69, 9.17) is 0 Å². The van der Waals surface area contributed by atoms with Gasteiger partial charge >= 0.3 is 0 Å². The Morgan fingerprint density at radius 3 is 1.25 bits per heavy atom. The molecule has 0 saturated carbocycles. The molecule has 8 rings (SSSR count). The third-order valence-corrected chi connectivity index (χ3v) is 6.16. The molecule has 2 aromatic heterocycles. The van der Waals surface area contributed by atoms with Crippen molar-refractivity contribution in [3.63, 3.8) is 0 Å². The number of nitrogens with zero attached hydrogens (tertiary/aromatic N) is 6. The Bertz CT molecular complexity index is 1670. The van der Waals surface area contributed by atoms with Crippen molar-refractivity contribution in [3.8, 4) is 22.5 Å². The molecule has 6 aromatic rings. The summed E-state index contributed by atoms with van der Waals surface area (Å²) in [4.78, 5) is 8.89. The van der Waals surface area contributed by atoms with Crippen molar-refractivity contribution in [2.75, 3.05) is 13.1 Å². The van der Waals surface area contributed by atoms with E-state index in [0.717, 1.165) is 35.6 Å². The average Bonchev–Trinajstić information content (AvgIpc) is 3.86. The van der Waals surface area contributed by atoms with Crippen LogP contribution >= 0.6 is 0 Å². The van der Waals surface area contributed by atoms with E-state index in [9.17, 15) is 0 Å². The molecule has 0 amide bonds. The molecular formula is C36H28N6Pt2-2. The number of benzene rings is 4. The van der Waals surface area contributed by atoms with E-state index in [2.05, 4.69) is 66.8 Å². The molecule has 0 saturated heterocycles. The van der Waals surface area contributed by atoms with Gasteiger partial charge in [0.15, 0.2) is 0 Å². The summed E-state index contributed by atoms with van der Waals surface area (Å²) in [6.45, 7) is 1.56. The van der Waals surface area contributed by atoms with Gasteiger partial charge in [-0.1, -0.05) is 48.5 Å². The van der Waals surface area contributed by atoms with Gasteiger partial charge in [0.2, 0.25) is 0 Å². The largest absolute Gasteiger partial charge is 0.304 e. The molecule has 0 unspecified atom stereocenters. The van der Waals surface area contributed by atoms with Gasteiger partial charge in [0, 0.05) is 66.9 Å². The van der Waals surface area contributed by atoms with Gasteiger partial charge in [0.05, 0.1) is 13.1 Å². The first-order chi connectivity index (χ1) is 20.9. The Morgan fingerprint density at radius 2 is 0.909 bits per heavy atom. The normalized spacial score (nSPS) is 11.6. The zero-order chi connectivity index (χ0) is 28.7. The number of fused-ring (bicyclic) bond motifs is 2. The Kier molecular flexibility index (Phi) is 14.9. The molecular weight excluding hydrogens is 907 g/mol. The molecule has 2 aliphatic rings. The van der Waals surface area contributed by atoms with Gasteiger partial charge in [-0.2, -0.15) is 20.5 Å². The molecule has 0 spiro atoms. The van der Waals surface area contributed by atoms with Crippen molar-refractivity contribution >= 4 is 21.5 Å². The third kappa shape index (κ3) is 9.91. The van der Waals surface area contributed by atoms with Crippen LogP contribution < -0.4 is 0 Å². The molecule has 6 nitrogen and oxygen atoms in total. The number of pyridine rings is 2. The summed E-state index contributed by atoms with van der Waals surface area (Å²) >= 11 is 0. The van der Waals surface area contributed by atoms with Crippen LogP contribution in [-0.2, 0) is 42.1 Å². The first kappa shape index (κ1) is 34.2. The minimum absolute atomic E-state index is 0. The van der Waals surface area contributed by atoms with Crippen LogP contribution in [0.2, 0.25) is 0 Å². The van der Waals surface area contributed by atoms with Crippen molar-refractivity contribution in [2.45, 2.75) is 0 Å². The summed E-state index contributed by atoms with van der Waals surface area (Å²) in [5.74, 6) is 0. The summed E-state index contributed by atoms with van der Waals surface area (Å²) in [6.07, 6.45) is 10.9. The predicted octanol–water partition coefficient (Wildman–Crippen LogP) is 9.33. The summed E-state index contributed by atoms with van der Waals surface area (Å²) < 4.78 is 0. The van der Waals surface area contributed by atoms with Crippen molar-refractivity contribution in [3.05, 3.63) is 158 Å². The zero-order valence-corrected chi connectivity index (χ0v) is 28.1. The SMILES string of the molecule is C1=CN=NC1.C1=CN=NC1.[Pt].[Pt].[c-]1ccccc1-c1nccc2ccccc12.[c-]1ccccc1-c1nccc2ccccc12. The minimum Gasteiger partial charge on any atom is -0.304 e. The first-order valence-electron chi connectivity index (χ1n) is 13.5. The number of aromatic nitrogens is 2. The Labute approximate surface area is 286 Å². The summed E-state index contributed by atoms with van der Waals surface area (Å²) in [5.41, 5.74) is 4.08. The molecule has 0 aliphatic carbocycles. The molecule has 224 valence electrons. The molecule has 44 heavy (non-hydrogen) atoms. The molecule has 2 aliphatic heterocycles. The fourth-order valence-electron chi connectivity index (χ4n) is 4.22. The monoisotopic (exact) mass is 934 g/mol. The van der Waals surface area contributed by atoms with Crippen LogP contribution in [-0.4, -0.2) is 23.1 Å². The van der Waals surface area contributed by atoms with Gasteiger partial charge in [-0.25, -0.2) is 0 Å². The van der Waals surface area contributed by atoms with E-state index >= 15 is 0 Å². The number of rotatable bonds is 2. The van der Waals surface area contributed by atoms with E-state index in [1.807, 2.05) is 109 Å². The second-order valence-electron chi connectivity index (χ2n) is 8.96. The minimum atomic E-state index is 0. The van der Waals surface area contributed by atoms with Crippen molar-refractivity contribution < 1.29 is 42.1 Å². The van der Waals surface area contributed by atoms with Crippen LogP contribution in [0.4, 0.5) is 0 Å². The van der Waals surface area contributed by atoms with Crippen molar-refractivity contribution in [2.24, 2.45) is 20.5 Å². The zero-order valence-electron chi connectivity index (χ0n) is 23.6. The van der Waals surface area contributed by atoms with Gasteiger partial charge in [-0.3, -0.25) is 0 Å². The van der Waals surface area contributed by atoms with Gasteiger partial charge in [0.1, 0.15) is 0 Å². The van der Waals surface area contributed by atoms with Crippen LogP contribution in [0.1, 0.15) is 0 Å². The van der Waals surface area contributed by atoms with Crippen LogP contribution in [0.15, 0.2) is 167 Å². The second-order valence-corrected chi connectivity index (χ2v) is 8.96. The standard InChI is InChI=1S/2C15H10N.2C3H4N2.2Pt/c2*1-2-7-13(8-3-1)15-14-9-5-4-6-12(14)10-11-16-15;2*1-2-4-5-3-1;;/h2*1-7,9-11H;2*1-2H,3H2;;/q2*-1;;;;. The Hall–Kier alpha value is -4.24. The average molecular weight is 935 g/mol. The van der Waals surface area contributed by atoms with E-state index < -0.39 is 0 Å². The number of hydrogen-bond donors (Lipinski definition) is 0. The molecule has 0 fully saturated rings. The van der Waals surface area contributed by atoms with Gasteiger partial charge < -0.3 is 9.97 Å². The molecule has 8 heteroatoms. The maximum atomic E-state index is 4.45. The smallest absolute Gasteiger partial charge is 0.0802 e. The topological polar surface area (TPSA) is 75.2 Å². The van der Waals surface area contributed by atoms with E-state index in [-0.39, 0.29) is 42.1 Å². The fourth-order valence-corrected chi connectivity index (χ4v) is 4.22. The quantitative estimate of drug-likeness (QED) is 0.163. The third-order valence-electron chi connectivity index (χ3n) is 6.16. The molecule has 4 aromatic carbocycles. The summed E-state index contributed by atoms with van der Waals surface area (Å²) in [6, 6.07) is 42.9. The summed E-state index contributed by atoms with van der Waals surface area (Å²) in [5, 5.41) is 19.0. The summed E-state index contributed by atoms with van der Waals surface area (Å²) in [7, 11) is 0. The molecule has 0 bridgehead atoms. The van der Waals surface area contributed by atoms with Gasteiger partial charge in [-0.15, -0.1) is 71.8 Å². The van der Waals surface area contributed by atoms with E-state index in [1.165, 1.54) is 21.5 Å². The fraction of sp³-hybridized carbons (Fsp3) is 0.0556. The maximum absolute atomic E-state index is 4.45. The number of azo groups is 2. The van der Waals surface area contributed by atoms with Crippen LogP contribution in [0.3, 0.4) is 0 Å². The molecule has 0 radical (unpaired) electrons. The molecule has 4 heterocycles. The maximum Gasteiger partial charge on any atom is 0.0802 e. The van der Waals surface area contributed by atoms with Crippen molar-refractivity contribution in [1.82, 2.24) is 9.97 Å². The number of hydrogen-bond acceptors (Lipinski definition) is 6. The van der Waals surface area contributed by atoms with Crippen LogP contribution in [0.5, 0.6) is 0 Å². The van der Waals surface area contributed by atoms with Gasteiger partial charge in [0.25, 0.3) is 0 Å². The van der Waals surface area contributed by atoms with E-state index in [1.54, 1.807) is 12.4 Å². The van der Waals surface area contributed by atoms with Crippen molar-refractivity contribution in [1.29, 1.82) is 0 Å². The first-order valence-corrected chi connectivity index (χ1v) is 13.5. The second kappa shape index (κ2) is 19.1. The van der Waals surface area contributed by atoms with Crippen LogP contribution in [0.25, 0.3) is 44.1 Å². The van der Waals surface area contributed by atoms with Crippen LogP contribution in [0, 0.1) is 12.1 Å².